The number of hydrogen-bond acceptors (Lipinski definition) is 3. The van der Waals surface area contributed by atoms with Gasteiger partial charge in [-0.15, -0.1) is 0 Å². The summed E-state index contributed by atoms with van der Waals surface area (Å²) in [5, 5.41) is 9.21. The molecule has 1 saturated heterocycles. The number of aliphatic hydroxyl groups is 1. The van der Waals surface area contributed by atoms with Gasteiger partial charge in [0, 0.05) is 12.8 Å². The molecule has 3 nitrogen and oxygen atoms in total. The normalized spacial score (nSPS) is 34.9. The predicted octanol–water partition coefficient (Wildman–Crippen LogP) is 1.83. The minimum Gasteiger partial charge on any atom is -0.394 e. The quantitative estimate of drug-likeness (QED) is 0.702. The third kappa shape index (κ3) is 1.69. The van der Waals surface area contributed by atoms with Crippen LogP contribution in [0, 0.1) is 0 Å². The molecule has 0 aromatic heterocycles. The van der Waals surface area contributed by atoms with E-state index in [1.807, 2.05) is 13.8 Å². The molecule has 0 bridgehead atoms. The van der Waals surface area contributed by atoms with Gasteiger partial charge in [-0.1, -0.05) is 6.42 Å². The molecule has 0 amide bonds. The fourth-order valence-corrected chi connectivity index (χ4v) is 2.54. The Morgan fingerprint density at radius 3 is 2.36 bits per heavy atom. The third-order valence-corrected chi connectivity index (χ3v) is 3.36. The smallest absolute Gasteiger partial charge is 0.169 e. The van der Waals surface area contributed by atoms with Gasteiger partial charge in [-0.2, -0.15) is 0 Å². The Morgan fingerprint density at radius 2 is 1.86 bits per heavy atom. The molecule has 2 rings (SSSR count). The van der Waals surface area contributed by atoms with Crippen LogP contribution in [0.5, 0.6) is 0 Å². The molecule has 3 heteroatoms. The van der Waals surface area contributed by atoms with Gasteiger partial charge in [0.25, 0.3) is 0 Å². The monoisotopic (exact) mass is 200 g/mol. The molecule has 2 aliphatic rings. The molecule has 0 unspecified atom stereocenters. The Labute approximate surface area is 85.4 Å². The van der Waals surface area contributed by atoms with E-state index in [1.165, 1.54) is 19.3 Å². The highest BCUT2D eigenvalue weighted by atomic mass is 16.8. The largest absolute Gasteiger partial charge is 0.394 e. The van der Waals surface area contributed by atoms with Crippen LogP contribution in [-0.2, 0) is 9.47 Å². The van der Waals surface area contributed by atoms with Gasteiger partial charge < -0.3 is 14.6 Å². The van der Waals surface area contributed by atoms with Crippen molar-refractivity contribution in [3.8, 4) is 0 Å². The van der Waals surface area contributed by atoms with E-state index < -0.39 is 0 Å². The van der Waals surface area contributed by atoms with E-state index in [1.54, 1.807) is 0 Å². The highest BCUT2D eigenvalue weighted by Gasteiger charge is 2.51. The first kappa shape index (κ1) is 10.4. The summed E-state index contributed by atoms with van der Waals surface area (Å²) in [7, 11) is 0. The van der Waals surface area contributed by atoms with Gasteiger partial charge >= 0.3 is 0 Å². The Hall–Kier alpha value is -0.120. The minimum atomic E-state index is -0.380. The summed E-state index contributed by atoms with van der Waals surface area (Å²) in [6, 6.07) is 0. The van der Waals surface area contributed by atoms with Crippen molar-refractivity contribution in [2.45, 2.75) is 63.4 Å². The lowest BCUT2D eigenvalue weighted by Gasteiger charge is -2.32. The number of ether oxygens (including phenoxy) is 2. The second-order valence-corrected chi connectivity index (χ2v) is 4.97. The molecule has 1 atom stereocenters. The molecular formula is C11H20O3. The summed E-state index contributed by atoms with van der Waals surface area (Å²) in [6.07, 6.45) is 5.42. The summed E-state index contributed by atoms with van der Waals surface area (Å²) in [5.41, 5.74) is -0.341. The van der Waals surface area contributed by atoms with Gasteiger partial charge in [0.15, 0.2) is 5.79 Å². The van der Waals surface area contributed by atoms with Crippen LogP contribution in [0.4, 0.5) is 0 Å². The average Bonchev–Trinajstić information content (AvgIpc) is 2.38. The maximum atomic E-state index is 9.21. The molecule has 1 aliphatic heterocycles. The van der Waals surface area contributed by atoms with Crippen molar-refractivity contribution in [1.82, 2.24) is 0 Å². The van der Waals surface area contributed by atoms with Gasteiger partial charge in [-0.05, 0) is 26.7 Å². The van der Waals surface area contributed by atoms with Crippen LogP contribution < -0.4 is 0 Å². The van der Waals surface area contributed by atoms with Crippen LogP contribution in [0.25, 0.3) is 0 Å². The molecule has 82 valence electrons. The van der Waals surface area contributed by atoms with Gasteiger partial charge in [0.1, 0.15) is 6.10 Å². The Bertz CT molecular complexity index is 207. The van der Waals surface area contributed by atoms with Crippen molar-refractivity contribution in [3.63, 3.8) is 0 Å². The summed E-state index contributed by atoms with van der Waals surface area (Å²) in [4.78, 5) is 0. The minimum absolute atomic E-state index is 0.0503. The molecule has 1 N–H and O–H groups in total. The lowest BCUT2D eigenvalue weighted by molar-refractivity contribution is -0.204. The molecule has 1 heterocycles. The van der Waals surface area contributed by atoms with E-state index in [4.69, 9.17) is 9.47 Å². The first-order valence-corrected chi connectivity index (χ1v) is 5.57. The van der Waals surface area contributed by atoms with E-state index in [0.29, 0.717) is 0 Å². The SMILES string of the molecule is CC1(C)OC2(CCCCC2)O[C@@H]1CO. The number of rotatable bonds is 1. The molecule has 14 heavy (non-hydrogen) atoms. The van der Waals surface area contributed by atoms with Crippen LogP contribution >= 0.6 is 0 Å². The summed E-state index contributed by atoms with van der Waals surface area (Å²) >= 11 is 0. The molecular weight excluding hydrogens is 180 g/mol. The zero-order valence-corrected chi connectivity index (χ0v) is 9.08. The summed E-state index contributed by atoms with van der Waals surface area (Å²) < 4.78 is 11.9. The molecule has 0 aromatic rings. The molecule has 0 radical (unpaired) electrons. The van der Waals surface area contributed by atoms with Crippen molar-refractivity contribution in [3.05, 3.63) is 0 Å². The standard InChI is InChI=1S/C11H20O3/c1-10(2)9(8-12)13-11(14-10)6-4-3-5-7-11/h9,12H,3-8H2,1-2H3/t9-/m1/s1. The average molecular weight is 200 g/mol. The van der Waals surface area contributed by atoms with E-state index >= 15 is 0 Å². The first-order valence-electron chi connectivity index (χ1n) is 5.57. The van der Waals surface area contributed by atoms with Crippen LogP contribution in [0.3, 0.4) is 0 Å². The van der Waals surface area contributed by atoms with E-state index in [2.05, 4.69) is 0 Å². The van der Waals surface area contributed by atoms with Crippen molar-refractivity contribution in [1.29, 1.82) is 0 Å². The maximum absolute atomic E-state index is 9.21. The van der Waals surface area contributed by atoms with Gasteiger partial charge in [-0.3, -0.25) is 0 Å². The highest BCUT2D eigenvalue weighted by molar-refractivity contribution is 4.93. The number of hydrogen-bond donors (Lipinski definition) is 1. The topological polar surface area (TPSA) is 38.7 Å². The van der Waals surface area contributed by atoms with Crippen molar-refractivity contribution in [2.75, 3.05) is 6.61 Å². The Balaban J connectivity index is 2.10. The van der Waals surface area contributed by atoms with E-state index in [0.717, 1.165) is 12.8 Å². The lowest BCUT2D eigenvalue weighted by atomic mass is 9.94. The number of aliphatic hydroxyl groups excluding tert-OH is 1. The van der Waals surface area contributed by atoms with Crippen molar-refractivity contribution < 1.29 is 14.6 Å². The zero-order valence-electron chi connectivity index (χ0n) is 9.08. The second kappa shape index (κ2) is 3.47. The van der Waals surface area contributed by atoms with Crippen LogP contribution in [-0.4, -0.2) is 29.2 Å². The van der Waals surface area contributed by atoms with Crippen LogP contribution in [0.15, 0.2) is 0 Å². The second-order valence-electron chi connectivity index (χ2n) is 4.97. The summed E-state index contributed by atoms with van der Waals surface area (Å²) in [6.45, 7) is 4.04. The maximum Gasteiger partial charge on any atom is 0.169 e. The van der Waals surface area contributed by atoms with E-state index in [-0.39, 0.29) is 24.1 Å². The molecule has 2 fully saturated rings. The zero-order chi connectivity index (χ0) is 10.2. The van der Waals surface area contributed by atoms with Crippen molar-refractivity contribution in [2.24, 2.45) is 0 Å². The van der Waals surface area contributed by atoms with Crippen LogP contribution in [0.2, 0.25) is 0 Å². The van der Waals surface area contributed by atoms with Gasteiger partial charge in [0.05, 0.1) is 12.2 Å². The summed E-state index contributed by atoms with van der Waals surface area (Å²) in [5.74, 6) is -0.380. The predicted molar refractivity (Wildman–Crippen MR) is 52.9 cm³/mol. The Morgan fingerprint density at radius 1 is 1.21 bits per heavy atom. The van der Waals surface area contributed by atoms with Crippen LogP contribution in [0.1, 0.15) is 46.0 Å². The highest BCUT2D eigenvalue weighted by Crippen LogP contribution is 2.44. The van der Waals surface area contributed by atoms with Gasteiger partial charge in [0.2, 0.25) is 0 Å². The molecule has 1 aliphatic carbocycles. The Kier molecular flexibility index (Phi) is 2.58. The lowest BCUT2D eigenvalue weighted by Crippen LogP contribution is -2.36. The fourth-order valence-electron chi connectivity index (χ4n) is 2.54. The molecule has 1 spiro atoms. The van der Waals surface area contributed by atoms with Gasteiger partial charge in [-0.25, -0.2) is 0 Å². The fraction of sp³-hybridized carbons (Fsp3) is 1.00. The third-order valence-electron chi connectivity index (χ3n) is 3.36. The molecule has 1 saturated carbocycles. The van der Waals surface area contributed by atoms with Crippen molar-refractivity contribution >= 4 is 0 Å². The molecule has 0 aromatic carbocycles. The van der Waals surface area contributed by atoms with E-state index in [9.17, 15) is 5.11 Å². The first-order chi connectivity index (χ1) is 6.58.